The first-order valence-electron chi connectivity index (χ1n) is 5.35. The first-order valence-corrected chi connectivity index (χ1v) is 6.14. The Morgan fingerprint density at radius 3 is 2.78 bits per heavy atom. The van der Waals surface area contributed by atoms with Gasteiger partial charge in [0, 0.05) is 10.5 Å². The smallest absolute Gasteiger partial charge is 0.283 e. The molecule has 1 aromatic rings. The lowest BCUT2D eigenvalue weighted by molar-refractivity contribution is -0.385. The van der Waals surface area contributed by atoms with Crippen LogP contribution in [0.1, 0.15) is 23.7 Å². The molecule has 0 fully saturated rings. The quantitative estimate of drug-likeness (QED) is 0.640. The van der Waals surface area contributed by atoms with Gasteiger partial charge in [-0.2, -0.15) is 0 Å². The van der Waals surface area contributed by atoms with Crippen molar-refractivity contribution in [1.82, 2.24) is 5.32 Å². The van der Waals surface area contributed by atoms with Crippen LogP contribution in [0.5, 0.6) is 0 Å². The molecule has 6 nitrogen and oxygen atoms in total. The van der Waals surface area contributed by atoms with Crippen molar-refractivity contribution in [1.29, 1.82) is 0 Å². The third-order valence-electron chi connectivity index (χ3n) is 2.45. The number of aliphatic hydroxyl groups excluding tert-OH is 1. The molecule has 1 rings (SSSR count). The Balaban J connectivity index is 3.02. The molecule has 1 aromatic carbocycles. The molecule has 0 spiro atoms. The van der Waals surface area contributed by atoms with Gasteiger partial charge in [-0.15, -0.1) is 0 Å². The monoisotopic (exact) mass is 316 g/mol. The van der Waals surface area contributed by atoms with Gasteiger partial charge in [-0.3, -0.25) is 14.9 Å². The Morgan fingerprint density at radius 1 is 1.61 bits per heavy atom. The second kappa shape index (κ2) is 6.46. The lowest BCUT2D eigenvalue weighted by Crippen LogP contribution is -2.37. The lowest BCUT2D eigenvalue weighted by atomic mass is 10.1. The molecule has 0 aliphatic rings. The fourth-order valence-corrected chi connectivity index (χ4v) is 1.74. The van der Waals surface area contributed by atoms with Gasteiger partial charge in [0.2, 0.25) is 0 Å². The van der Waals surface area contributed by atoms with Gasteiger partial charge in [0.1, 0.15) is 5.56 Å². The molecule has 18 heavy (non-hydrogen) atoms. The van der Waals surface area contributed by atoms with Crippen LogP contribution in [0.3, 0.4) is 0 Å². The van der Waals surface area contributed by atoms with Crippen molar-refractivity contribution in [2.75, 3.05) is 6.61 Å². The Morgan fingerprint density at radius 2 is 2.28 bits per heavy atom. The summed E-state index contributed by atoms with van der Waals surface area (Å²) in [4.78, 5) is 22.1. The Kier molecular flexibility index (Phi) is 5.24. The summed E-state index contributed by atoms with van der Waals surface area (Å²) >= 11 is 3.12. The highest BCUT2D eigenvalue weighted by atomic mass is 79.9. The van der Waals surface area contributed by atoms with E-state index < -0.39 is 16.9 Å². The van der Waals surface area contributed by atoms with E-state index in [4.69, 9.17) is 5.11 Å². The summed E-state index contributed by atoms with van der Waals surface area (Å²) in [7, 11) is 0. The standard InChI is InChI=1S/C11H13BrN2O4/c1-2-8(6-15)13-11(16)9-4-3-7(12)5-10(9)14(17)18/h3-5,8,15H,2,6H2,1H3,(H,13,16). The average molecular weight is 317 g/mol. The van der Waals surface area contributed by atoms with Crippen LogP contribution in [0.4, 0.5) is 5.69 Å². The van der Waals surface area contributed by atoms with E-state index in [1.54, 1.807) is 13.0 Å². The summed E-state index contributed by atoms with van der Waals surface area (Å²) < 4.78 is 0.528. The number of amides is 1. The lowest BCUT2D eigenvalue weighted by Gasteiger charge is -2.13. The highest BCUT2D eigenvalue weighted by Gasteiger charge is 2.21. The van der Waals surface area contributed by atoms with Gasteiger partial charge in [-0.1, -0.05) is 22.9 Å². The van der Waals surface area contributed by atoms with Crippen LogP contribution in [0.2, 0.25) is 0 Å². The van der Waals surface area contributed by atoms with E-state index in [0.717, 1.165) is 0 Å². The molecule has 0 saturated heterocycles. The predicted molar refractivity (Wildman–Crippen MR) is 69.4 cm³/mol. The van der Waals surface area contributed by atoms with Gasteiger partial charge < -0.3 is 10.4 Å². The molecule has 0 aliphatic carbocycles. The first kappa shape index (κ1) is 14.6. The van der Waals surface area contributed by atoms with E-state index >= 15 is 0 Å². The number of aliphatic hydroxyl groups is 1. The fourth-order valence-electron chi connectivity index (χ4n) is 1.39. The molecule has 0 heterocycles. The zero-order valence-electron chi connectivity index (χ0n) is 9.72. The molecule has 0 bridgehead atoms. The van der Waals surface area contributed by atoms with Crippen molar-refractivity contribution >= 4 is 27.5 Å². The van der Waals surface area contributed by atoms with Crippen molar-refractivity contribution in [2.24, 2.45) is 0 Å². The summed E-state index contributed by atoms with van der Waals surface area (Å²) in [6, 6.07) is 3.80. The molecule has 7 heteroatoms. The highest BCUT2D eigenvalue weighted by molar-refractivity contribution is 9.10. The highest BCUT2D eigenvalue weighted by Crippen LogP contribution is 2.23. The summed E-state index contributed by atoms with van der Waals surface area (Å²) in [5, 5.41) is 22.4. The molecule has 1 unspecified atom stereocenters. The van der Waals surface area contributed by atoms with Crippen LogP contribution >= 0.6 is 15.9 Å². The van der Waals surface area contributed by atoms with E-state index in [2.05, 4.69) is 21.2 Å². The van der Waals surface area contributed by atoms with Gasteiger partial charge in [-0.25, -0.2) is 0 Å². The molecule has 0 aliphatic heterocycles. The average Bonchev–Trinajstić information content (AvgIpc) is 2.35. The second-order valence-electron chi connectivity index (χ2n) is 3.68. The van der Waals surface area contributed by atoms with Crippen molar-refractivity contribution < 1.29 is 14.8 Å². The normalized spacial score (nSPS) is 11.9. The number of rotatable bonds is 5. The maximum Gasteiger partial charge on any atom is 0.283 e. The number of nitrogens with zero attached hydrogens (tertiary/aromatic N) is 1. The van der Waals surface area contributed by atoms with Crippen molar-refractivity contribution in [3.05, 3.63) is 38.3 Å². The number of hydrogen-bond donors (Lipinski definition) is 2. The number of nitro groups is 1. The summed E-state index contributed by atoms with van der Waals surface area (Å²) in [5.41, 5.74) is -0.287. The largest absolute Gasteiger partial charge is 0.394 e. The minimum atomic E-state index is -0.612. The maximum absolute atomic E-state index is 11.9. The summed E-state index contributed by atoms with van der Waals surface area (Å²) in [5.74, 6) is -0.560. The van der Waals surface area contributed by atoms with Gasteiger partial charge >= 0.3 is 0 Å². The molecular formula is C11H13BrN2O4. The number of carbonyl (C=O) groups excluding carboxylic acids is 1. The van der Waals surface area contributed by atoms with Gasteiger partial charge in [-0.05, 0) is 18.6 Å². The maximum atomic E-state index is 11.9. The topological polar surface area (TPSA) is 92.5 Å². The van der Waals surface area contributed by atoms with Crippen LogP contribution in [0.25, 0.3) is 0 Å². The second-order valence-corrected chi connectivity index (χ2v) is 4.60. The molecular weight excluding hydrogens is 304 g/mol. The molecule has 0 aromatic heterocycles. The minimum absolute atomic E-state index is 0.0184. The number of nitro benzene ring substituents is 1. The van der Waals surface area contributed by atoms with E-state index in [1.165, 1.54) is 12.1 Å². The number of carbonyl (C=O) groups is 1. The summed E-state index contributed by atoms with van der Waals surface area (Å²) in [6.07, 6.45) is 0.548. The fraction of sp³-hybridized carbons (Fsp3) is 0.364. The number of hydrogen-bond acceptors (Lipinski definition) is 4. The van der Waals surface area contributed by atoms with E-state index in [-0.39, 0.29) is 17.9 Å². The first-order chi connectivity index (χ1) is 8.49. The summed E-state index contributed by atoms with van der Waals surface area (Å²) in [6.45, 7) is 1.60. The van der Waals surface area contributed by atoms with Crippen LogP contribution in [0, 0.1) is 10.1 Å². The van der Waals surface area contributed by atoms with E-state index in [0.29, 0.717) is 10.9 Å². The van der Waals surface area contributed by atoms with Crippen molar-refractivity contribution in [3.63, 3.8) is 0 Å². The molecule has 1 amide bonds. The Hall–Kier alpha value is -1.47. The van der Waals surface area contributed by atoms with Gasteiger partial charge in [0.05, 0.1) is 17.6 Å². The van der Waals surface area contributed by atoms with Crippen LogP contribution in [0.15, 0.2) is 22.7 Å². The molecule has 98 valence electrons. The van der Waals surface area contributed by atoms with Gasteiger partial charge in [0.15, 0.2) is 0 Å². The number of nitrogens with one attached hydrogen (secondary N) is 1. The van der Waals surface area contributed by atoms with Crippen molar-refractivity contribution in [3.8, 4) is 0 Å². The van der Waals surface area contributed by atoms with Crippen molar-refractivity contribution in [2.45, 2.75) is 19.4 Å². The van der Waals surface area contributed by atoms with Crippen LogP contribution in [-0.2, 0) is 0 Å². The third kappa shape index (κ3) is 3.51. The molecule has 1 atom stereocenters. The minimum Gasteiger partial charge on any atom is -0.394 e. The SMILES string of the molecule is CCC(CO)NC(=O)c1ccc(Br)cc1[N+](=O)[O-]. The van der Waals surface area contributed by atoms with Crippen LogP contribution in [-0.4, -0.2) is 28.6 Å². The van der Waals surface area contributed by atoms with Crippen LogP contribution < -0.4 is 5.32 Å². The number of benzene rings is 1. The predicted octanol–water partition coefficient (Wildman–Crippen LogP) is 1.86. The van der Waals surface area contributed by atoms with E-state index in [9.17, 15) is 14.9 Å². The molecule has 0 radical (unpaired) electrons. The number of halogens is 1. The molecule has 0 saturated carbocycles. The van der Waals surface area contributed by atoms with Gasteiger partial charge in [0.25, 0.3) is 11.6 Å². The molecule has 2 N–H and O–H groups in total. The Labute approximate surface area is 112 Å². The zero-order valence-corrected chi connectivity index (χ0v) is 11.3. The van der Waals surface area contributed by atoms with E-state index in [1.807, 2.05) is 0 Å². The Bertz CT molecular complexity index is 460. The zero-order chi connectivity index (χ0) is 13.7. The third-order valence-corrected chi connectivity index (χ3v) is 2.94.